The molecular formula is C21H16N2O7. The summed E-state index contributed by atoms with van der Waals surface area (Å²) in [5, 5.41) is 22.9. The van der Waals surface area contributed by atoms with Crippen LogP contribution >= 0.6 is 0 Å². The molecule has 0 aromatic heterocycles. The first-order valence-electron chi connectivity index (χ1n) is 8.73. The fraction of sp³-hybridized carbons (Fsp3) is 0.0952. The zero-order valence-electron chi connectivity index (χ0n) is 15.8. The number of nitro groups is 2. The second-order valence-corrected chi connectivity index (χ2v) is 6.16. The second kappa shape index (κ2) is 8.82. The Morgan fingerprint density at radius 3 is 2.17 bits per heavy atom. The molecule has 3 aromatic carbocycles. The summed E-state index contributed by atoms with van der Waals surface area (Å²) in [4.78, 5) is 34.4. The summed E-state index contributed by atoms with van der Waals surface area (Å²) in [5.41, 5.74) is -0.397. The fourth-order valence-corrected chi connectivity index (χ4v) is 2.86. The van der Waals surface area contributed by atoms with E-state index in [0.717, 1.165) is 11.6 Å². The van der Waals surface area contributed by atoms with Gasteiger partial charge in [-0.1, -0.05) is 42.5 Å². The van der Waals surface area contributed by atoms with E-state index in [0.29, 0.717) is 0 Å². The summed E-state index contributed by atoms with van der Waals surface area (Å²) in [6, 6.07) is 16.7. The van der Waals surface area contributed by atoms with Gasteiger partial charge in [-0.05, 0) is 17.7 Å². The molecule has 0 bridgehead atoms. The first-order valence-corrected chi connectivity index (χ1v) is 8.73. The summed E-state index contributed by atoms with van der Waals surface area (Å²) in [7, 11) is 1.29. The van der Waals surface area contributed by atoms with Crippen LogP contribution in [-0.4, -0.2) is 22.7 Å². The van der Waals surface area contributed by atoms with E-state index < -0.39 is 27.0 Å². The molecule has 0 fully saturated rings. The lowest BCUT2D eigenvalue weighted by Crippen LogP contribution is -2.08. The van der Waals surface area contributed by atoms with Crippen molar-refractivity contribution in [3.63, 3.8) is 0 Å². The van der Waals surface area contributed by atoms with E-state index in [9.17, 15) is 25.0 Å². The van der Waals surface area contributed by atoms with Crippen molar-refractivity contribution in [2.75, 3.05) is 7.11 Å². The third-order valence-electron chi connectivity index (χ3n) is 4.29. The first kappa shape index (κ1) is 20.5. The molecule has 152 valence electrons. The Hall–Kier alpha value is -4.27. The number of hydrogen-bond acceptors (Lipinski definition) is 7. The number of ether oxygens (including phenoxy) is 2. The van der Waals surface area contributed by atoms with Crippen molar-refractivity contribution in [3.05, 3.63) is 104 Å². The standard InChI is InChI=1S/C21H16N2O7/c1-29-19-12-15(20(24)16-9-5-6-10-17(16)22(25)26)11-18(23(27)28)21(19)30-13-14-7-3-2-4-8-14/h2-12H,13H2,1H3. The van der Waals surface area contributed by atoms with E-state index in [1.54, 1.807) is 24.3 Å². The Kier molecular flexibility index (Phi) is 6.02. The molecule has 0 atom stereocenters. The minimum absolute atomic E-state index is 0.0259. The molecule has 0 heterocycles. The molecule has 30 heavy (non-hydrogen) atoms. The molecule has 0 radical (unpaired) electrons. The van der Waals surface area contributed by atoms with Crippen LogP contribution < -0.4 is 9.47 Å². The number of para-hydroxylation sites is 1. The molecule has 9 heteroatoms. The van der Waals surface area contributed by atoms with Crippen LogP contribution in [-0.2, 0) is 6.61 Å². The highest BCUT2D eigenvalue weighted by Gasteiger charge is 2.27. The largest absolute Gasteiger partial charge is 0.493 e. The highest BCUT2D eigenvalue weighted by molar-refractivity contribution is 6.12. The van der Waals surface area contributed by atoms with Gasteiger partial charge in [0, 0.05) is 17.7 Å². The lowest BCUT2D eigenvalue weighted by Gasteiger charge is -2.13. The van der Waals surface area contributed by atoms with Crippen molar-refractivity contribution in [2.24, 2.45) is 0 Å². The summed E-state index contributed by atoms with van der Waals surface area (Å²) >= 11 is 0. The normalized spacial score (nSPS) is 10.3. The molecule has 0 N–H and O–H groups in total. The van der Waals surface area contributed by atoms with Crippen LogP contribution in [0.3, 0.4) is 0 Å². The van der Waals surface area contributed by atoms with Crippen LogP contribution in [0.15, 0.2) is 66.7 Å². The summed E-state index contributed by atoms with van der Waals surface area (Å²) < 4.78 is 10.8. The van der Waals surface area contributed by atoms with Crippen molar-refractivity contribution < 1.29 is 24.1 Å². The first-order chi connectivity index (χ1) is 14.4. The van der Waals surface area contributed by atoms with Gasteiger partial charge in [-0.15, -0.1) is 0 Å². The number of ketones is 1. The Morgan fingerprint density at radius 1 is 0.900 bits per heavy atom. The van der Waals surface area contributed by atoms with Gasteiger partial charge in [0.15, 0.2) is 11.5 Å². The van der Waals surface area contributed by atoms with Crippen molar-refractivity contribution in [3.8, 4) is 11.5 Å². The molecule has 3 aromatic rings. The van der Waals surface area contributed by atoms with Gasteiger partial charge in [0.2, 0.25) is 5.75 Å². The Morgan fingerprint density at radius 2 is 1.53 bits per heavy atom. The van der Waals surface area contributed by atoms with Gasteiger partial charge >= 0.3 is 5.69 Å². The van der Waals surface area contributed by atoms with Crippen molar-refractivity contribution in [1.29, 1.82) is 0 Å². The number of methoxy groups -OCH3 is 1. The van der Waals surface area contributed by atoms with Crippen LogP contribution in [0.1, 0.15) is 21.5 Å². The number of rotatable bonds is 8. The van der Waals surface area contributed by atoms with Crippen molar-refractivity contribution in [1.82, 2.24) is 0 Å². The number of benzene rings is 3. The molecule has 0 aliphatic heterocycles. The van der Waals surface area contributed by atoms with Gasteiger partial charge in [-0.2, -0.15) is 0 Å². The maximum Gasteiger partial charge on any atom is 0.315 e. The van der Waals surface area contributed by atoms with Gasteiger partial charge in [-0.25, -0.2) is 0 Å². The van der Waals surface area contributed by atoms with Gasteiger partial charge < -0.3 is 9.47 Å². The van der Waals surface area contributed by atoms with Crippen LogP contribution in [0.25, 0.3) is 0 Å². The number of carbonyl (C=O) groups is 1. The summed E-state index contributed by atoms with van der Waals surface area (Å²) in [6.45, 7) is 0.0511. The SMILES string of the molecule is COc1cc(C(=O)c2ccccc2[N+](=O)[O-])cc([N+](=O)[O-])c1OCc1ccccc1. The van der Waals surface area contributed by atoms with E-state index in [1.807, 2.05) is 6.07 Å². The molecule has 0 amide bonds. The van der Waals surface area contributed by atoms with Gasteiger partial charge in [0.1, 0.15) is 12.2 Å². The van der Waals surface area contributed by atoms with E-state index in [4.69, 9.17) is 9.47 Å². The number of carbonyl (C=O) groups excluding carboxylic acids is 1. The molecule has 0 aliphatic carbocycles. The molecule has 0 spiro atoms. The molecule has 9 nitrogen and oxygen atoms in total. The molecule has 0 saturated carbocycles. The maximum absolute atomic E-state index is 12.9. The van der Waals surface area contributed by atoms with Gasteiger partial charge in [-0.3, -0.25) is 25.0 Å². The van der Waals surface area contributed by atoms with E-state index in [2.05, 4.69) is 0 Å². The number of nitro benzene ring substituents is 2. The third kappa shape index (κ3) is 4.25. The van der Waals surface area contributed by atoms with Crippen LogP contribution in [0.2, 0.25) is 0 Å². The van der Waals surface area contributed by atoms with E-state index in [1.165, 1.54) is 37.4 Å². The van der Waals surface area contributed by atoms with E-state index >= 15 is 0 Å². The van der Waals surface area contributed by atoms with Crippen LogP contribution in [0, 0.1) is 20.2 Å². The zero-order chi connectivity index (χ0) is 21.7. The topological polar surface area (TPSA) is 122 Å². The highest BCUT2D eigenvalue weighted by Crippen LogP contribution is 2.39. The van der Waals surface area contributed by atoms with E-state index in [-0.39, 0.29) is 29.2 Å². The minimum Gasteiger partial charge on any atom is -0.493 e. The number of nitrogens with zero attached hydrogens (tertiary/aromatic N) is 2. The molecule has 0 unspecified atom stereocenters. The Balaban J connectivity index is 2.04. The van der Waals surface area contributed by atoms with Crippen molar-refractivity contribution in [2.45, 2.75) is 6.61 Å². The predicted molar refractivity (Wildman–Crippen MR) is 107 cm³/mol. The predicted octanol–water partition coefficient (Wildman–Crippen LogP) is 4.32. The van der Waals surface area contributed by atoms with Gasteiger partial charge in [0.05, 0.1) is 17.0 Å². The quantitative estimate of drug-likeness (QED) is 0.309. The lowest BCUT2D eigenvalue weighted by atomic mass is 10.0. The Labute approximate surface area is 170 Å². The minimum atomic E-state index is -0.738. The summed E-state index contributed by atoms with van der Waals surface area (Å²) in [6.07, 6.45) is 0. The van der Waals surface area contributed by atoms with Crippen LogP contribution in [0.5, 0.6) is 11.5 Å². The molecular weight excluding hydrogens is 392 g/mol. The monoisotopic (exact) mass is 408 g/mol. The van der Waals surface area contributed by atoms with Crippen LogP contribution in [0.4, 0.5) is 11.4 Å². The number of hydrogen-bond donors (Lipinski definition) is 0. The maximum atomic E-state index is 12.9. The fourth-order valence-electron chi connectivity index (χ4n) is 2.86. The third-order valence-corrected chi connectivity index (χ3v) is 4.29. The summed E-state index contributed by atoms with van der Waals surface area (Å²) in [5.74, 6) is -0.897. The Bertz CT molecular complexity index is 1110. The lowest BCUT2D eigenvalue weighted by molar-refractivity contribution is -0.386. The smallest absolute Gasteiger partial charge is 0.315 e. The highest BCUT2D eigenvalue weighted by atomic mass is 16.6. The average Bonchev–Trinajstić information content (AvgIpc) is 2.77. The molecule has 0 saturated heterocycles. The zero-order valence-corrected chi connectivity index (χ0v) is 15.8. The second-order valence-electron chi connectivity index (χ2n) is 6.16. The average molecular weight is 408 g/mol. The van der Waals surface area contributed by atoms with Crippen molar-refractivity contribution >= 4 is 17.2 Å². The molecule has 3 rings (SSSR count). The molecule has 0 aliphatic rings. The van der Waals surface area contributed by atoms with Gasteiger partial charge in [0.25, 0.3) is 5.69 Å².